The van der Waals surface area contributed by atoms with Crippen LogP contribution in [-0.2, 0) is 5.41 Å². The average molecular weight is 181 g/mol. The molecule has 1 rings (SSSR count). The van der Waals surface area contributed by atoms with E-state index in [2.05, 4.69) is 9.97 Å². The van der Waals surface area contributed by atoms with Crippen LogP contribution in [0, 0.1) is 10.1 Å². The Balaban J connectivity index is 3.01. The summed E-state index contributed by atoms with van der Waals surface area (Å²) in [5.74, 6) is -0.215. The summed E-state index contributed by atoms with van der Waals surface area (Å²) in [7, 11) is 0. The molecule has 0 N–H and O–H groups in total. The SMILES string of the molecule is CC(C)(C)c1cnc([N+](=O)[O-])cn1. The molecule has 0 aliphatic rings. The van der Waals surface area contributed by atoms with E-state index in [1.807, 2.05) is 20.8 Å². The van der Waals surface area contributed by atoms with Gasteiger partial charge in [-0.15, -0.1) is 0 Å². The van der Waals surface area contributed by atoms with Crippen molar-refractivity contribution in [3.05, 3.63) is 28.2 Å². The molecule has 0 unspecified atom stereocenters. The molecule has 5 nitrogen and oxygen atoms in total. The van der Waals surface area contributed by atoms with E-state index in [-0.39, 0.29) is 11.2 Å². The van der Waals surface area contributed by atoms with Crippen LogP contribution in [0.15, 0.2) is 12.4 Å². The van der Waals surface area contributed by atoms with E-state index in [0.29, 0.717) is 0 Å². The van der Waals surface area contributed by atoms with Crippen LogP contribution in [0.1, 0.15) is 26.5 Å². The lowest BCUT2D eigenvalue weighted by molar-refractivity contribution is -0.389. The fourth-order valence-electron chi connectivity index (χ4n) is 0.803. The second-order valence-corrected chi connectivity index (χ2v) is 3.77. The summed E-state index contributed by atoms with van der Waals surface area (Å²) < 4.78 is 0. The highest BCUT2D eigenvalue weighted by molar-refractivity contribution is 5.17. The van der Waals surface area contributed by atoms with Gasteiger partial charge in [-0.25, -0.2) is 4.98 Å². The number of nitro groups is 1. The number of nitrogens with zero attached hydrogens (tertiary/aromatic N) is 3. The summed E-state index contributed by atoms with van der Waals surface area (Å²) in [6.07, 6.45) is 2.62. The van der Waals surface area contributed by atoms with Crippen LogP contribution in [0.4, 0.5) is 5.82 Å². The molecule has 1 aromatic rings. The molecule has 0 saturated carbocycles. The number of hydrogen-bond donors (Lipinski definition) is 0. The molecule has 0 atom stereocenters. The van der Waals surface area contributed by atoms with Crippen molar-refractivity contribution >= 4 is 5.82 Å². The lowest BCUT2D eigenvalue weighted by Crippen LogP contribution is -2.13. The van der Waals surface area contributed by atoms with E-state index in [0.717, 1.165) is 5.69 Å². The van der Waals surface area contributed by atoms with E-state index >= 15 is 0 Å². The van der Waals surface area contributed by atoms with E-state index < -0.39 is 4.92 Å². The van der Waals surface area contributed by atoms with E-state index in [1.165, 1.54) is 12.4 Å². The molecule has 0 spiro atoms. The predicted octanol–water partition coefficient (Wildman–Crippen LogP) is 1.68. The summed E-state index contributed by atoms with van der Waals surface area (Å²) in [5.41, 5.74) is 0.625. The highest BCUT2D eigenvalue weighted by atomic mass is 16.6. The van der Waals surface area contributed by atoms with Crippen molar-refractivity contribution in [2.45, 2.75) is 26.2 Å². The molecule has 13 heavy (non-hydrogen) atoms. The summed E-state index contributed by atoms with van der Waals surface area (Å²) in [4.78, 5) is 17.4. The molecule has 0 saturated heterocycles. The second kappa shape index (κ2) is 3.08. The van der Waals surface area contributed by atoms with Gasteiger partial charge in [0.05, 0.1) is 5.69 Å². The Kier molecular flexibility index (Phi) is 2.27. The zero-order chi connectivity index (χ0) is 10.1. The lowest BCUT2D eigenvalue weighted by Gasteiger charge is -2.14. The maximum Gasteiger partial charge on any atom is 0.381 e. The Bertz CT molecular complexity index is 313. The van der Waals surface area contributed by atoms with Crippen LogP contribution in [0.2, 0.25) is 0 Å². The highest BCUT2D eigenvalue weighted by Gasteiger charge is 2.18. The van der Waals surface area contributed by atoms with Crippen molar-refractivity contribution < 1.29 is 4.92 Å². The molecule has 0 aromatic carbocycles. The maximum absolute atomic E-state index is 10.3. The number of aromatic nitrogens is 2. The summed E-state index contributed by atoms with van der Waals surface area (Å²) in [6, 6.07) is 0. The molecular weight excluding hydrogens is 170 g/mol. The first-order chi connectivity index (χ1) is 5.91. The van der Waals surface area contributed by atoms with Gasteiger partial charge in [0.1, 0.15) is 6.20 Å². The zero-order valence-corrected chi connectivity index (χ0v) is 7.81. The van der Waals surface area contributed by atoms with E-state index in [9.17, 15) is 10.1 Å². The third-order valence-corrected chi connectivity index (χ3v) is 1.59. The predicted molar refractivity (Wildman–Crippen MR) is 47.4 cm³/mol. The Morgan fingerprint density at radius 3 is 2.23 bits per heavy atom. The molecule has 70 valence electrons. The van der Waals surface area contributed by atoms with Crippen molar-refractivity contribution in [1.29, 1.82) is 0 Å². The van der Waals surface area contributed by atoms with Crippen LogP contribution >= 0.6 is 0 Å². The summed E-state index contributed by atoms with van der Waals surface area (Å²) >= 11 is 0. The van der Waals surface area contributed by atoms with Crippen LogP contribution in [0.3, 0.4) is 0 Å². The highest BCUT2D eigenvalue weighted by Crippen LogP contribution is 2.19. The fraction of sp³-hybridized carbons (Fsp3) is 0.500. The largest absolute Gasteiger partial charge is 0.381 e. The Hall–Kier alpha value is -1.52. The van der Waals surface area contributed by atoms with Gasteiger partial charge in [-0.05, 0) is 9.91 Å². The smallest absolute Gasteiger partial charge is 0.358 e. The van der Waals surface area contributed by atoms with Crippen LogP contribution in [0.25, 0.3) is 0 Å². The minimum absolute atomic E-state index is 0.123. The van der Waals surface area contributed by atoms with E-state index in [1.54, 1.807) is 0 Å². The molecule has 0 amide bonds. The first-order valence-electron chi connectivity index (χ1n) is 3.88. The maximum atomic E-state index is 10.3. The molecule has 1 aromatic heterocycles. The van der Waals surface area contributed by atoms with Gasteiger partial charge in [-0.1, -0.05) is 20.8 Å². The van der Waals surface area contributed by atoms with Crippen LogP contribution < -0.4 is 0 Å². The Morgan fingerprint density at radius 2 is 1.92 bits per heavy atom. The average Bonchev–Trinajstić information content (AvgIpc) is 2.03. The van der Waals surface area contributed by atoms with Crippen LogP contribution in [0.5, 0.6) is 0 Å². The van der Waals surface area contributed by atoms with Gasteiger partial charge in [-0.3, -0.25) is 0 Å². The lowest BCUT2D eigenvalue weighted by atomic mass is 9.93. The Labute approximate surface area is 76.0 Å². The first kappa shape index (κ1) is 9.57. The third-order valence-electron chi connectivity index (χ3n) is 1.59. The second-order valence-electron chi connectivity index (χ2n) is 3.77. The van der Waals surface area contributed by atoms with Gasteiger partial charge in [0.25, 0.3) is 0 Å². The monoisotopic (exact) mass is 181 g/mol. The van der Waals surface area contributed by atoms with Gasteiger partial charge in [0.2, 0.25) is 0 Å². The molecule has 0 fully saturated rings. The molecule has 0 aliphatic carbocycles. The quantitative estimate of drug-likeness (QED) is 0.488. The molecule has 1 heterocycles. The number of hydrogen-bond acceptors (Lipinski definition) is 4. The minimum atomic E-state index is -0.556. The van der Waals surface area contributed by atoms with E-state index in [4.69, 9.17) is 0 Å². The van der Waals surface area contributed by atoms with Crippen molar-refractivity contribution in [1.82, 2.24) is 9.97 Å². The van der Waals surface area contributed by atoms with Crippen molar-refractivity contribution in [2.75, 3.05) is 0 Å². The summed E-state index contributed by atoms with van der Waals surface area (Å²) in [5, 5.41) is 10.3. The minimum Gasteiger partial charge on any atom is -0.358 e. The van der Waals surface area contributed by atoms with Crippen molar-refractivity contribution in [2.24, 2.45) is 0 Å². The summed E-state index contributed by atoms with van der Waals surface area (Å²) in [6.45, 7) is 5.93. The molecule has 0 bridgehead atoms. The topological polar surface area (TPSA) is 68.9 Å². The van der Waals surface area contributed by atoms with Gasteiger partial charge in [-0.2, -0.15) is 0 Å². The first-order valence-corrected chi connectivity index (χ1v) is 3.88. The van der Waals surface area contributed by atoms with Crippen molar-refractivity contribution in [3.63, 3.8) is 0 Å². The van der Waals surface area contributed by atoms with Gasteiger partial charge in [0, 0.05) is 5.41 Å². The fourth-order valence-corrected chi connectivity index (χ4v) is 0.803. The number of rotatable bonds is 1. The Morgan fingerprint density at radius 1 is 1.31 bits per heavy atom. The third kappa shape index (κ3) is 2.21. The van der Waals surface area contributed by atoms with Gasteiger partial charge < -0.3 is 10.1 Å². The molecule has 0 aliphatic heterocycles. The molecule has 0 radical (unpaired) electrons. The molecule has 5 heteroatoms. The zero-order valence-electron chi connectivity index (χ0n) is 7.81. The standard InChI is InChI=1S/C8H11N3O2/c1-8(2,3)6-4-10-7(5-9-6)11(12)13/h4-5H,1-3H3. The normalized spacial score (nSPS) is 11.3. The van der Waals surface area contributed by atoms with Gasteiger partial charge in [0.15, 0.2) is 6.20 Å². The van der Waals surface area contributed by atoms with Crippen molar-refractivity contribution in [3.8, 4) is 0 Å². The van der Waals surface area contributed by atoms with Crippen LogP contribution in [-0.4, -0.2) is 14.9 Å². The van der Waals surface area contributed by atoms with Gasteiger partial charge >= 0.3 is 5.82 Å². The molecular formula is C8H11N3O2.